The number of urea groups is 2. The van der Waals surface area contributed by atoms with E-state index in [1.54, 1.807) is 4.90 Å². The van der Waals surface area contributed by atoms with Gasteiger partial charge in [0.05, 0.1) is 13.2 Å². The van der Waals surface area contributed by atoms with Crippen molar-refractivity contribution in [3.05, 3.63) is 35.4 Å². The Morgan fingerprint density at radius 2 is 1.72 bits per heavy atom. The van der Waals surface area contributed by atoms with Gasteiger partial charge in [-0.15, -0.1) is 0 Å². The molecule has 1 aliphatic heterocycles. The summed E-state index contributed by atoms with van der Waals surface area (Å²) in [4.78, 5) is 25.6. The second-order valence-corrected chi connectivity index (χ2v) is 6.59. The molecule has 3 rings (SSSR count). The Morgan fingerprint density at radius 3 is 2.40 bits per heavy atom. The van der Waals surface area contributed by atoms with Gasteiger partial charge in [-0.2, -0.15) is 0 Å². The van der Waals surface area contributed by atoms with Crippen LogP contribution in [-0.4, -0.2) is 49.8 Å². The second kappa shape index (κ2) is 8.71. The van der Waals surface area contributed by atoms with Crippen LogP contribution in [0.15, 0.2) is 24.3 Å². The van der Waals surface area contributed by atoms with Crippen molar-refractivity contribution in [3.8, 4) is 0 Å². The van der Waals surface area contributed by atoms with Gasteiger partial charge in [-0.05, 0) is 29.9 Å². The third kappa shape index (κ3) is 5.94. The zero-order valence-electron chi connectivity index (χ0n) is 14.4. The van der Waals surface area contributed by atoms with Crippen LogP contribution in [0.1, 0.15) is 24.0 Å². The van der Waals surface area contributed by atoms with Gasteiger partial charge in [0.25, 0.3) is 0 Å². The van der Waals surface area contributed by atoms with Crippen molar-refractivity contribution < 1.29 is 14.3 Å². The van der Waals surface area contributed by atoms with Crippen molar-refractivity contribution in [2.24, 2.45) is 5.92 Å². The molecule has 7 nitrogen and oxygen atoms in total. The summed E-state index contributed by atoms with van der Waals surface area (Å²) in [6.07, 6.45) is 2.44. The van der Waals surface area contributed by atoms with Gasteiger partial charge in [-0.1, -0.05) is 24.3 Å². The molecule has 25 heavy (non-hydrogen) atoms. The quantitative estimate of drug-likeness (QED) is 0.729. The third-order valence-electron chi connectivity index (χ3n) is 4.43. The Kier molecular flexibility index (Phi) is 6.11. The van der Waals surface area contributed by atoms with Crippen molar-refractivity contribution in [2.75, 3.05) is 32.8 Å². The average molecular weight is 346 g/mol. The van der Waals surface area contributed by atoms with Crippen LogP contribution in [0.3, 0.4) is 0 Å². The molecule has 0 radical (unpaired) electrons. The van der Waals surface area contributed by atoms with Crippen LogP contribution in [0.5, 0.6) is 0 Å². The number of hydrogen-bond donors (Lipinski definition) is 3. The van der Waals surface area contributed by atoms with E-state index in [0.29, 0.717) is 45.3 Å². The maximum Gasteiger partial charge on any atom is 0.317 e. The maximum absolute atomic E-state index is 12.1. The fourth-order valence-electron chi connectivity index (χ4n) is 2.71. The predicted molar refractivity (Wildman–Crippen MR) is 94.0 cm³/mol. The molecular weight excluding hydrogens is 320 g/mol. The number of rotatable bonds is 6. The Balaban J connectivity index is 1.40. The number of nitrogens with one attached hydrogen (secondary N) is 3. The minimum absolute atomic E-state index is 0.0636. The van der Waals surface area contributed by atoms with Crippen LogP contribution in [0.2, 0.25) is 0 Å². The molecule has 4 amide bonds. The summed E-state index contributed by atoms with van der Waals surface area (Å²) in [5.41, 5.74) is 2.03. The van der Waals surface area contributed by atoms with E-state index in [9.17, 15) is 9.59 Å². The zero-order valence-corrected chi connectivity index (χ0v) is 14.4. The van der Waals surface area contributed by atoms with E-state index in [0.717, 1.165) is 17.7 Å². The lowest BCUT2D eigenvalue weighted by Crippen LogP contribution is -2.45. The SMILES string of the molecule is O=C(NCc1cccc(CNC(=O)N2CCOCC2)c1)NCC1CC1. The van der Waals surface area contributed by atoms with Crippen molar-refractivity contribution >= 4 is 12.1 Å². The topological polar surface area (TPSA) is 82.7 Å². The number of hydrogen-bond acceptors (Lipinski definition) is 3. The highest BCUT2D eigenvalue weighted by Gasteiger charge is 2.21. The Bertz CT molecular complexity index is 598. The molecule has 1 aliphatic carbocycles. The van der Waals surface area contributed by atoms with Gasteiger partial charge in [0, 0.05) is 32.7 Å². The molecule has 1 saturated heterocycles. The van der Waals surface area contributed by atoms with Gasteiger partial charge >= 0.3 is 12.1 Å². The Labute approximate surface area is 148 Å². The Hall–Kier alpha value is -2.28. The minimum Gasteiger partial charge on any atom is -0.378 e. The fourth-order valence-corrected chi connectivity index (χ4v) is 2.71. The number of benzene rings is 1. The third-order valence-corrected chi connectivity index (χ3v) is 4.43. The second-order valence-electron chi connectivity index (χ2n) is 6.59. The molecule has 2 aliphatic rings. The molecule has 1 heterocycles. The molecule has 2 fully saturated rings. The van der Waals surface area contributed by atoms with Gasteiger partial charge in [-0.3, -0.25) is 0 Å². The van der Waals surface area contributed by atoms with E-state index in [-0.39, 0.29) is 12.1 Å². The van der Waals surface area contributed by atoms with E-state index in [1.165, 1.54) is 12.8 Å². The van der Waals surface area contributed by atoms with E-state index < -0.39 is 0 Å². The van der Waals surface area contributed by atoms with Gasteiger partial charge in [0.2, 0.25) is 0 Å². The molecule has 0 spiro atoms. The van der Waals surface area contributed by atoms with Crippen LogP contribution >= 0.6 is 0 Å². The molecule has 3 N–H and O–H groups in total. The summed E-state index contributed by atoms with van der Waals surface area (Å²) >= 11 is 0. The highest BCUT2D eigenvalue weighted by molar-refractivity contribution is 5.74. The molecule has 136 valence electrons. The molecule has 0 atom stereocenters. The Morgan fingerprint density at radius 1 is 1.04 bits per heavy atom. The molecule has 1 aromatic rings. The molecule has 7 heteroatoms. The first-order chi connectivity index (χ1) is 12.2. The van der Waals surface area contributed by atoms with Crippen LogP contribution in [0, 0.1) is 5.92 Å². The van der Waals surface area contributed by atoms with Gasteiger partial charge < -0.3 is 25.6 Å². The van der Waals surface area contributed by atoms with Gasteiger partial charge in [0.15, 0.2) is 0 Å². The minimum atomic E-state index is -0.127. The molecule has 0 unspecified atom stereocenters. The first-order valence-corrected chi connectivity index (χ1v) is 8.91. The smallest absolute Gasteiger partial charge is 0.317 e. The first kappa shape index (κ1) is 17.5. The van der Waals surface area contributed by atoms with Crippen LogP contribution in [0.25, 0.3) is 0 Å². The number of amides is 4. The molecule has 0 bridgehead atoms. The monoisotopic (exact) mass is 346 g/mol. The highest BCUT2D eigenvalue weighted by Crippen LogP contribution is 2.27. The lowest BCUT2D eigenvalue weighted by Gasteiger charge is -2.27. The molecular formula is C18H26N4O3. The summed E-state index contributed by atoms with van der Waals surface area (Å²) < 4.78 is 5.25. The van der Waals surface area contributed by atoms with Crippen molar-refractivity contribution in [1.29, 1.82) is 0 Å². The number of ether oxygens (including phenoxy) is 1. The fraction of sp³-hybridized carbons (Fsp3) is 0.556. The van der Waals surface area contributed by atoms with E-state index in [2.05, 4.69) is 16.0 Å². The largest absolute Gasteiger partial charge is 0.378 e. The van der Waals surface area contributed by atoms with Crippen molar-refractivity contribution in [3.63, 3.8) is 0 Å². The van der Waals surface area contributed by atoms with E-state index >= 15 is 0 Å². The summed E-state index contributed by atoms with van der Waals surface area (Å²) in [7, 11) is 0. The number of carbonyl (C=O) groups excluding carboxylic acids is 2. The molecule has 1 aromatic carbocycles. The number of carbonyl (C=O) groups is 2. The normalized spacial score (nSPS) is 17.0. The number of morpholine rings is 1. The summed E-state index contributed by atoms with van der Waals surface area (Å²) in [5, 5.41) is 8.68. The number of nitrogens with zero attached hydrogens (tertiary/aromatic N) is 1. The molecule has 0 aromatic heterocycles. The first-order valence-electron chi connectivity index (χ1n) is 8.91. The lowest BCUT2D eigenvalue weighted by molar-refractivity contribution is 0.0531. The zero-order chi connectivity index (χ0) is 17.5. The summed E-state index contributed by atoms with van der Waals surface area (Å²) in [5.74, 6) is 0.671. The predicted octanol–water partition coefficient (Wildman–Crippen LogP) is 1.44. The van der Waals surface area contributed by atoms with E-state index in [1.807, 2.05) is 24.3 Å². The highest BCUT2D eigenvalue weighted by atomic mass is 16.5. The van der Waals surface area contributed by atoms with Crippen molar-refractivity contribution in [2.45, 2.75) is 25.9 Å². The average Bonchev–Trinajstić information content (AvgIpc) is 3.48. The van der Waals surface area contributed by atoms with Crippen LogP contribution in [-0.2, 0) is 17.8 Å². The molecule has 1 saturated carbocycles. The standard InChI is InChI=1S/C18H26N4O3/c23-17(19-11-14-4-5-14)20-12-15-2-1-3-16(10-15)13-21-18(24)22-6-8-25-9-7-22/h1-3,10,14H,4-9,11-13H2,(H,21,24)(H2,19,20,23). The van der Waals surface area contributed by atoms with E-state index in [4.69, 9.17) is 4.74 Å². The lowest BCUT2D eigenvalue weighted by atomic mass is 10.1. The van der Waals surface area contributed by atoms with Crippen LogP contribution in [0.4, 0.5) is 9.59 Å². The summed E-state index contributed by atoms with van der Waals surface area (Å²) in [6, 6.07) is 7.69. The summed E-state index contributed by atoms with van der Waals surface area (Å²) in [6.45, 7) is 4.16. The van der Waals surface area contributed by atoms with Gasteiger partial charge in [-0.25, -0.2) is 9.59 Å². The van der Waals surface area contributed by atoms with Crippen LogP contribution < -0.4 is 16.0 Å². The van der Waals surface area contributed by atoms with Gasteiger partial charge in [0.1, 0.15) is 0 Å². The maximum atomic E-state index is 12.1. The van der Waals surface area contributed by atoms with Crippen molar-refractivity contribution in [1.82, 2.24) is 20.9 Å².